The number of furan rings is 1. The predicted molar refractivity (Wildman–Crippen MR) is 71.1 cm³/mol. The highest BCUT2D eigenvalue weighted by molar-refractivity contribution is 7.97. The van der Waals surface area contributed by atoms with E-state index < -0.39 is 0 Å². The van der Waals surface area contributed by atoms with E-state index in [1.165, 1.54) is 12.8 Å². The zero-order chi connectivity index (χ0) is 12.1. The maximum Gasteiger partial charge on any atom is 0.118 e. The molecule has 1 aromatic rings. The molecule has 0 spiro atoms. The number of hydrogen-bond acceptors (Lipinski definition) is 4. The van der Waals surface area contributed by atoms with Gasteiger partial charge in [-0.25, -0.2) is 0 Å². The lowest BCUT2D eigenvalue weighted by Gasteiger charge is -2.27. The van der Waals surface area contributed by atoms with Crippen molar-refractivity contribution in [1.29, 1.82) is 0 Å². The Morgan fingerprint density at radius 2 is 2.06 bits per heavy atom. The molecule has 0 radical (unpaired) electrons. The third-order valence-electron chi connectivity index (χ3n) is 3.50. The van der Waals surface area contributed by atoms with Crippen molar-refractivity contribution in [2.45, 2.75) is 43.5 Å². The highest BCUT2D eigenvalue weighted by Crippen LogP contribution is 2.29. The minimum atomic E-state index is -0.0630. The molecule has 1 fully saturated rings. The van der Waals surface area contributed by atoms with Crippen molar-refractivity contribution < 1.29 is 9.52 Å². The van der Waals surface area contributed by atoms with Crippen LogP contribution >= 0.6 is 11.8 Å². The zero-order valence-electron chi connectivity index (χ0n) is 10.4. The van der Waals surface area contributed by atoms with Crippen LogP contribution in [0.2, 0.25) is 0 Å². The van der Waals surface area contributed by atoms with Crippen LogP contribution < -0.4 is 5.32 Å². The first kappa shape index (κ1) is 13.0. The van der Waals surface area contributed by atoms with Gasteiger partial charge in [-0.3, -0.25) is 0 Å². The minimum Gasteiger partial charge on any atom is -0.464 e. The molecule has 0 unspecified atom stereocenters. The van der Waals surface area contributed by atoms with Crippen molar-refractivity contribution in [3.05, 3.63) is 23.7 Å². The lowest BCUT2D eigenvalue weighted by Crippen LogP contribution is -2.45. The largest absolute Gasteiger partial charge is 0.464 e. The van der Waals surface area contributed by atoms with Gasteiger partial charge in [-0.2, -0.15) is 11.8 Å². The number of nitrogens with one attached hydrogen (secondary N) is 1. The van der Waals surface area contributed by atoms with Crippen LogP contribution in [-0.2, 0) is 12.3 Å². The fourth-order valence-electron chi connectivity index (χ4n) is 2.45. The molecule has 4 heteroatoms. The minimum absolute atomic E-state index is 0.0630. The molecule has 0 saturated heterocycles. The number of hydrogen-bond donors (Lipinski definition) is 2. The Labute approximate surface area is 107 Å². The van der Waals surface area contributed by atoms with Gasteiger partial charge in [0, 0.05) is 5.54 Å². The predicted octanol–water partition coefficient (Wildman–Crippen LogP) is 2.54. The SMILES string of the molecule is CSCc1ccc(CNC2(CO)CCCC2)o1. The van der Waals surface area contributed by atoms with E-state index in [0.717, 1.165) is 36.7 Å². The molecule has 3 nitrogen and oxygen atoms in total. The van der Waals surface area contributed by atoms with Crippen molar-refractivity contribution in [2.75, 3.05) is 12.9 Å². The second-order valence-electron chi connectivity index (χ2n) is 4.80. The highest BCUT2D eigenvalue weighted by Gasteiger charge is 2.32. The summed E-state index contributed by atoms with van der Waals surface area (Å²) in [5.41, 5.74) is -0.0630. The first-order chi connectivity index (χ1) is 8.28. The lowest BCUT2D eigenvalue weighted by molar-refractivity contribution is 0.160. The number of aliphatic hydroxyl groups excluding tert-OH is 1. The van der Waals surface area contributed by atoms with Gasteiger partial charge in [-0.15, -0.1) is 0 Å². The molecule has 0 amide bonds. The molecule has 17 heavy (non-hydrogen) atoms. The standard InChI is InChI=1S/C13H21NO2S/c1-17-9-12-5-4-11(16-12)8-14-13(10-15)6-2-3-7-13/h4-5,14-15H,2-3,6-10H2,1H3. The van der Waals surface area contributed by atoms with E-state index >= 15 is 0 Å². The summed E-state index contributed by atoms with van der Waals surface area (Å²) in [4.78, 5) is 0. The van der Waals surface area contributed by atoms with Gasteiger partial charge in [-0.05, 0) is 31.2 Å². The van der Waals surface area contributed by atoms with Crippen molar-refractivity contribution in [3.63, 3.8) is 0 Å². The monoisotopic (exact) mass is 255 g/mol. The van der Waals surface area contributed by atoms with Gasteiger partial charge in [0.25, 0.3) is 0 Å². The first-order valence-corrected chi connectivity index (χ1v) is 7.60. The van der Waals surface area contributed by atoms with Crippen molar-refractivity contribution in [3.8, 4) is 0 Å². The third kappa shape index (κ3) is 3.27. The molecule has 0 aliphatic heterocycles. The van der Waals surface area contributed by atoms with E-state index in [0.29, 0.717) is 0 Å². The fraction of sp³-hybridized carbons (Fsp3) is 0.692. The van der Waals surface area contributed by atoms with Crippen molar-refractivity contribution in [1.82, 2.24) is 5.32 Å². The summed E-state index contributed by atoms with van der Waals surface area (Å²) < 4.78 is 5.71. The van der Waals surface area contributed by atoms with E-state index in [-0.39, 0.29) is 12.1 Å². The van der Waals surface area contributed by atoms with Crippen LogP contribution in [0.25, 0.3) is 0 Å². The van der Waals surface area contributed by atoms with E-state index in [9.17, 15) is 5.11 Å². The smallest absolute Gasteiger partial charge is 0.118 e. The Balaban J connectivity index is 1.87. The molecule has 0 bridgehead atoms. The second kappa shape index (κ2) is 5.94. The summed E-state index contributed by atoms with van der Waals surface area (Å²) in [6.45, 7) is 0.945. The van der Waals surface area contributed by atoms with Crippen molar-refractivity contribution in [2.24, 2.45) is 0 Å². The van der Waals surface area contributed by atoms with Gasteiger partial charge in [-0.1, -0.05) is 12.8 Å². The van der Waals surface area contributed by atoms with Gasteiger partial charge in [0.15, 0.2) is 0 Å². The maximum absolute atomic E-state index is 9.49. The Bertz CT molecular complexity index is 345. The Kier molecular flexibility index (Phi) is 4.54. The molecule has 2 N–H and O–H groups in total. The van der Waals surface area contributed by atoms with Crippen LogP contribution in [0.3, 0.4) is 0 Å². The molecule has 96 valence electrons. The molecule has 2 rings (SSSR count). The molecule has 1 aliphatic carbocycles. The molecule has 1 heterocycles. The molecule has 1 aliphatic rings. The Morgan fingerprint density at radius 1 is 1.35 bits per heavy atom. The van der Waals surface area contributed by atoms with E-state index in [4.69, 9.17) is 4.42 Å². The summed E-state index contributed by atoms with van der Waals surface area (Å²) in [6, 6.07) is 4.06. The van der Waals surface area contributed by atoms with E-state index in [1.807, 2.05) is 12.1 Å². The molecular formula is C13H21NO2S. The van der Waals surface area contributed by atoms with Crippen LogP contribution in [0.15, 0.2) is 16.5 Å². The highest BCUT2D eigenvalue weighted by atomic mass is 32.2. The summed E-state index contributed by atoms with van der Waals surface area (Å²) in [5, 5.41) is 13.0. The normalized spacial score (nSPS) is 18.7. The quantitative estimate of drug-likeness (QED) is 0.820. The Hall–Kier alpha value is -0.450. The van der Waals surface area contributed by atoms with Crippen LogP contribution in [0.4, 0.5) is 0 Å². The molecule has 1 aromatic heterocycles. The average molecular weight is 255 g/mol. The maximum atomic E-state index is 9.49. The zero-order valence-corrected chi connectivity index (χ0v) is 11.2. The van der Waals surface area contributed by atoms with Gasteiger partial charge in [0.2, 0.25) is 0 Å². The first-order valence-electron chi connectivity index (χ1n) is 6.20. The average Bonchev–Trinajstić information content (AvgIpc) is 2.96. The second-order valence-corrected chi connectivity index (χ2v) is 5.67. The van der Waals surface area contributed by atoms with Crippen molar-refractivity contribution >= 4 is 11.8 Å². The third-order valence-corrected chi connectivity index (χ3v) is 4.08. The topological polar surface area (TPSA) is 45.4 Å². The van der Waals surface area contributed by atoms with Crippen LogP contribution in [0.1, 0.15) is 37.2 Å². The van der Waals surface area contributed by atoms with Gasteiger partial charge < -0.3 is 14.8 Å². The lowest BCUT2D eigenvalue weighted by atomic mass is 9.99. The molecule has 1 saturated carbocycles. The van der Waals surface area contributed by atoms with E-state index in [2.05, 4.69) is 11.6 Å². The van der Waals surface area contributed by atoms with Gasteiger partial charge in [0.1, 0.15) is 11.5 Å². The van der Waals surface area contributed by atoms with Gasteiger partial charge >= 0.3 is 0 Å². The molecule has 0 atom stereocenters. The number of rotatable bonds is 6. The Morgan fingerprint density at radius 3 is 2.71 bits per heavy atom. The molecular weight excluding hydrogens is 234 g/mol. The summed E-state index contributed by atoms with van der Waals surface area (Å²) in [7, 11) is 0. The number of thioether (sulfide) groups is 1. The number of aliphatic hydroxyl groups is 1. The van der Waals surface area contributed by atoms with Gasteiger partial charge in [0.05, 0.1) is 18.9 Å². The summed E-state index contributed by atoms with van der Waals surface area (Å²) in [6.07, 6.45) is 6.64. The molecule has 0 aromatic carbocycles. The fourth-order valence-corrected chi connectivity index (χ4v) is 2.89. The van der Waals surface area contributed by atoms with Crippen LogP contribution in [0, 0.1) is 0 Å². The summed E-state index contributed by atoms with van der Waals surface area (Å²) >= 11 is 1.76. The van der Waals surface area contributed by atoms with Crippen LogP contribution in [0.5, 0.6) is 0 Å². The summed E-state index contributed by atoms with van der Waals surface area (Å²) in [5.74, 6) is 2.91. The van der Waals surface area contributed by atoms with Crippen LogP contribution in [-0.4, -0.2) is 23.5 Å². The van der Waals surface area contributed by atoms with E-state index in [1.54, 1.807) is 11.8 Å².